The summed E-state index contributed by atoms with van der Waals surface area (Å²) in [7, 11) is 0. The minimum absolute atomic E-state index is 0.520. The lowest BCUT2D eigenvalue weighted by Crippen LogP contribution is -2.46. The van der Waals surface area contributed by atoms with Crippen molar-refractivity contribution in [1.29, 1.82) is 0 Å². The van der Waals surface area contributed by atoms with Gasteiger partial charge in [-0.05, 0) is 19.4 Å². The average Bonchev–Trinajstić information content (AvgIpc) is 2.52. The average molecular weight is 328 g/mol. The lowest BCUT2D eigenvalue weighted by molar-refractivity contribution is -0.138. The van der Waals surface area contributed by atoms with E-state index in [9.17, 15) is 4.79 Å². The van der Waals surface area contributed by atoms with E-state index in [0.29, 0.717) is 13.0 Å². The highest BCUT2D eigenvalue weighted by atomic mass is 16.4. The van der Waals surface area contributed by atoms with Gasteiger partial charge in [0.25, 0.3) is 0 Å². The van der Waals surface area contributed by atoms with E-state index in [4.69, 9.17) is 47.2 Å². The molecule has 5 atom stereocenters. The van der Waals surface area contributed by atoms with Crippen molar-refractivity contribution >= 4 is 5.97 Å². The topological polar surface area (TPSA) is 211 Å². The first-order valence-electron chi connectivity index (χ1n) is 6.85. The predicted molar refractivity (Wildman–Crippen MR) is 76.7 cm³/mol. The van der Waals surface area contributed by atoms with Crippen molar-refractivity contribution in [3.05, 3.63) is 0 Å². The first kappa shape index (κ1) is 23.4. The SMILES string of the molecule is NCCCCC(N)C(=O)O.OC[C@@H](O)[C@@H](O)[C@H](O)[C@@H](O)CO. The monoisotopic (exact) mass is 328 g/mol. The first-order valence-corrected chi connectivity index (χ1v) is 6.85. The standard InChI is InChI=1S/C6H14N2O2.C6H14O6/c7-4-2-1-3-5(8)6(9)10;7-1-3(9)5(11)6(12)4(10)2-8/h5H,1-4,7-8H2,(H,9,10);3-12H,1-2H2/t;3-,4+,5-,6-/m.1/s1. The number of carbonyl (C=O) groups is 1. The van der Waals surface area contributed by atoms with E-state index in [1.165, 1.54) is 0 Å². The van der Waals surface area contributed by atoms with Crippen LogP contribution in [0, 0.1) is 0 Å². The van der Waals surface area contributed by atoms with E-state index in [1.807, 2.05) is 0 Å². The van der Waals surface area contributed by atoms with Crippen molar-refractivity contribution < 1.29 is 40.5 Å². The van der Waals surface area contributed by atoms with Crippen molar-refractivity contribution in [3.63, 3.8) is 0 Å². The van der Waals surface area contributed by atoms with Crippen LogP contribution in [0.2, 0.25) is 0 Å². The molecule has 0 amide bonds. The smallest absolute Gasteiger partial charge is 0.320 e. The largest absolute Gasteiger partial charge is 0.480 e. The molecule has 0 heterocycles. The second-order valence-electron chi connectivity index (χ2n) is 4.71. The molecule has 0 saturated carbocycles. The third-order valence-electron chi connectivity index (χ3n) is 2.80. The summed E-state index contributed by atoms with van der Waals surface area (Å²) in [5, 5.41) is 60.5. The number of aliphatic hydroxyl groups excluding tert-OH is 6. The van der Waals surface area contributed by atoms with Crippen molar-refractivity contribution in [2.45, 2.75) is 49.7 Å². The molecule has 22 heavy (non-hydrogen) atoms. The summed E-state index contributed by atoms with van der Waals surface area (Å²) < 4.78 is 0. The molecule has 134 valence electrons. The second-order valence-corrected chi connectivity index (χ2v) is 4.71. The highest BCUT2D eigenvalue weighted by Crippen LogP contribution is 2.04. The Bertz CT molecular complexity index is 268. The summed E-state index contributed by atoms with van der Waals surface area (Å²) in [6, 6.07) is -0.716. The number of hydrogen-bond acceptors (Lipinski definition) is 9. The molecule has 0 bridgehead atoms. The Labute approximate surface area is 128 Å². The van der Waals surface area contributed by atoms with Gasteiger partial charge in [0.15, 0.2) is 0 Å². The van der Waals surface area contributed by atoms with E-state index in [-0.39, 0.29) is 0 Å². The molecular weight excluding hydrogens is 300 g/mol. The number of unbranched alkanes of at least 4 members (excludes halogenated alkanes) is 1. The van der Waals surface area contributed by atoms with Crippen molar-refractivity contribution in [3.8, 4) is 0 Å². The Morgan fingerprint density at radius 2 is 1.32 bits per heavy atom. The Kier molecular flexibility index (Phi) is 14.7. The summed E-state index contributed by atoms with van der Waals surface area (Å²) >= 11 is 0. The number of carboxylic acid groups (broad SMARTS) is 1. The molecule has 1 unspecified atom stereocenters. The van der Waals surface area contributed by atoms with Crippen LogP contribution in [0.25, 0.3) is 0 Å². The van der Waals surface area contributed by atoms with E-state index in [0.717, 1.165) is 12.8 Å². The van der Waals surface area contributed by atoms with Crippen LogP contribution in [0.15, 0.2) is 0 Å². The Hall–Kier alpha value is -0.850. The molecule has 0 radical (unpaired) electrons. The summed E-state index contributed by atoms with van der Waals surface area (Å²) in [6.45, 7) is -0.848. The van der Waals surface area contributed by atoms with Crippen LogP contribution in [0.4, 0.5) is 0 Å². The van der Waals surface area contributed by atoms with Gasteiger partial charge in [-0.25, -0.2) is 0 Å². The third kappa shape index (κ3) is 10.8. The Morgan fingerprint density at radius 3 is 1.59 bits per heavy atom. The maximum absolute atomic E-state index is 10.1. The predicted octanol–water partition coefficient (Wildman–Crippen LogP) is -4.06. The summed E-state index contributed by atoms with van der Waals surface area (Å²) in [5.74, 6) is -0.933. The molecule has 0 aromatic heterocycles. The number of aliphatic hydroxyl groups is 6. The summed E-state index contributed by atoms with van der Waals surface area (Å²) in [5.41, 5.74) is 10.4. The van der Waals surface area contributed by atoms with Gasteiger partial charge >= 0.3 is 5.97 Å². The van der Waals surface area contributed by atoms with Gasteiger partial charge < -0.3 is 47.2 Å². The van der Waals surface area contributed by atoms with Crippen LogP contribution in [0.5, 0.6) is 0 Å². The lowest BCUT2D eigenvalue weighted by Gasteiger charge is -2.24. The Morgan fingerprint density at radius 1 is 0.909 bits per heavy atom. The van der Waals surface area contributed by atoms with Gasteiger partial charge in [0, 0.05) is 0 Å². The molecule has 0 aromatic rings. The second kappa shape index (κ2) is 13.8. The minimum Gasteiger partial charge on any atom is -0.480 e. The van der Waals surface area contributed by atoms with Crippen molar-refractivity contribution in [2.24, 2.45) is 11.5 Å². The normalized spacial score (nSPS) is 17.6. The van der Waals surface area contributed by atoms with Gasteiger partial charge in [0.2, 0.25) is 0 Å². The third-order valence-corrected chi connectivity index (χ3v) is 2.80. The fourth-order valence-electron chi connectivity index (χ4n) is 1.30. The molecule has 0 aliphatic heterocycles. The zero-order chi connectivity index (χ0) is 17.7. The van der Waals surface area contributed by atoms with E-state index < -0.39 is 49.6 Å². The van der Waals surface area contributed by atoms with Crippen molar-refractivity contribution in [2.75, 3.05) is 19.8 Å². The number of aliphatic carboxylic acids is 1. The van der Waals surface area contributed by atoms with Crippen LogP contribution in [0.1, 0.15) is 19.3 Å². The molecule has 0 aliphatic rings. The van der Waals surface area contributed by atoms with Gasteiger partial charge in [0.1, 0.15) is 30.5 Å². The number of carboxylic acids is 1. The Balaban J connectivity index is 0. The van der Waals surface area contributed by atoms with Crippen LogP contribution < -0.4 is 11.5 Å². The maximum Gasteiger partial charge on any atom is 0.320 e. The quantitative estimate of drug-likeness (QED) is 0.177. The molecule has 10 heteroatoms. The van der Waals surface area contributed by atoms with Gasteiger partial charge in [-0.1, -0.05) is 6.42 Å². The van der Waals surface area contributed by atoms with E-state index >= 15 is 0 Å². The summed E-state index contributed by atoms with van der Waals surface area (Å²) in [4.78, 5) is 10.1. The van der Waals surface area contributed by atoms with E-state index in [1.54, 1.807) is 0 Å². The zero-order valence-corrected chi connectivity index (χ0v) is 12.3. The molecule has 0 fully saturated rings. The highest BCUT2D eigenvalue weighted by molar-refractivity contribution is 5.72. The van der Waals surface area contributed by atoms with Crippen LogP contribution in [-0.2, 0) is 4.79 Å². The first-order chi connectivity index (χ1) is 10.2. The van der Waals surface area contributed by atoms with Gasteiger partial charge in [-0.15, -0.1) is 0 Å². The number of rotatable bonds is 10. The van der Waals surface area contributed by atoms with Crippen LogP contribution in [-0.4, -0.2) is 91.9 Å². The molecule has 11 N–H and O–H groups in total. The molecule has 0 spiro atoms. The number of hydrogen-bond donors (Lipinski definition) is 9. The number of nitrogens with two attached hydrogens (primary N) is 2. The minimum atomic E-state index is -1.67. The van der Waals surface area contributed by atoms with Crippen LogP contribution >= 0.6 is 0 Å². The zero-order valence-electron chi connectivity index (χ0n) is 12.3. The molecular formula is C12H28N2O8. The summed E-state index contributed by atoms with van der Waals surface area (Å²) in [6.07, 6.45) is -4.23. The van der Waals surface area contributed by atoms with Gasteiger partial charge in [-0.2, -0.15) is 0 Å². The molecule has 0 saturated heterocycles. The molecule has 0 rings (SSSR count). The van der Waals surface area contributed by atoms with E-state index in [2.05, 4.69) is 0 Å². The molecule has 0 aromatic carbocycles. The van der Waals surface area contributed by atoms with Crippen molar-refractivity contribution in [1.82, 2.24) is 0 Å². The molecule has 10 nitrogen and oxygen atoms in total. The van der Waals surface area contributed by atoms with Gasteiger partial charge in [0.05, 0.1) is 13.2 Å². The lowest BCUT2D eigenvalue weighted by atomic mass is 10.0. The van der Waals surface area contributed by atoms with Crippen LogP contribution in [0.3, 0.4) is 0 Å². The van der Waals surface area contributed by atoms with Gasteiger partial charge in [-0.3, -0.25) is 4.79 Å². The highest BCUT2D eigenvalue weighted by Gasteiger charge is 2.29. The maximum atomic E-state index is 10.1. The fourth-order valence-corrected chi connectivity index (χ4v) is 1.30. The molecule has 0 aliphatic carbocycles. The fraction of sp³-hybridized carbons (Fsp3) is 0.917.